The van der Waals surface area contributed by atoms with Gasteiger partial charge in [0.1, 0.15) is 5.52 Å². The summed E-state index contributed by atoms with van der Waals surface area (Å²) in [4.78, 5) is 8.74. The lowest BCUT2D eigenvalue weighted by Crippen LogP contribution is -2.18. The van der Waals surface area contributed by atoms with E-state index in [1.165, 1.54) is 0 Å². The third-order valence-electron chi connectivity index (χ3n) is 3.52. The summed E-state index contributed by atoms with van der Waals surface area (Å²) in [5.74, 6) is 0.440. The second-order valence-electron chi connectivity index (χ2n) is 4.90. The van der Waals surface area contributed by atoms with Gasteiger partial charge in [0.25, 0.3) is 0 Å². The molecule has 0 bridgehead atoms. The Balaban J connectivity index is 2.27. The average molecular weight is 288 g/mol. The summed E-state index contributed by atoms with van der Waals surface area (Å²) in [5, 5.41) is 1.03. The zero-order valence-electron chi connectivity index (χ0n) is 11.4. The fourth-order valence-corrected chi connectivity index (χ4v) is 2.69. The van der Waals surface area contributed by atoms with Gasteiger partial charge in [-0.15, -0.1) is 0 Å². The summed E-state index contributed by atoms with van der Waals surface area (Å²) in [6.45, 7) is 2.53. The molecule has 20 heavy (non-hydrogen) atoms. The molecule has 0 aliphatic rings. The Morgan fingerprint density at radius 2 is 2.10 bits per heavy atom. The summed E-state index contributed by atoms with van der Waals surface area (Å²) >= 11 is 0. The molecular formula is C14H16N4OS. The molecule has 6 heteroatoms. The maximum atomic E-state index is 11.6. The van der Waals surface area contributed by atoms with Crippen LogP contribution in [0, 0.1) is 0 Å². The van der Waals surface area contributed by atoms with Crippen molar-refractivity contribution < 1.29 is 4.21 Å². The van der Waals surface area contributed by atoms with Gasteiger partial charge in [-0.3, -0.25) is 9.19 Å². The highest BCUT2D eigenvalue weighted by Gasteiger charge is 2.15. The van der Waals surface area contributed by atoms with Crippen LogP contribution in [0.4, 0.5) is 5.95 Å². The SMILES string of the molecule is CC(Cn1c(N)nc2cnc3ccccc3c21)S(C)=O. The Hall–Kier alpha value is -1.95. The molecule has 3 rings (SSSR count). The van der Waals surface area contributed by atoms with Gasteiger partial charge in [-0.25, -0.2) is 4.98 Å². The van der Waals surface area contributed by atoms with Crippen LogP contribution >= 0.6 is 0 Å². The van der Waals surface area contributed by atoms with Crippen molar-refractivity contribution in [3.63, 3.8) is 0 Å². The van der Waals surface area contributed by atoms with Crippen LogP contribution in [0.1, 0.15) is 6.92 Å². The van der Waals surface area contributed by atoms with E-state index in [1.807, 2.05) is 35.8 Å². The Bertz CT molecular complexity index is 811. The van der Waals surface area contributed by atoms with Gasteiger partial charge in [0.2, 0.25) is 5.95 Å². The summed E-state index contributed by atoms with van der Waals surface area (Å²) in [7, 11) is -0.900. The number of para-hydroxylation sites is 1. The van der Waals surface area contributed by atoms with Crippen LogP contribution in [0.5, 0.6) is 0 Å². The minimum absolute atomic E-state index is 0.0154. The number of nitrogens with two attached hydrogens (primary N) is 1. The summed E-state index contributed by atoms with van der Waals surface area (Å²) in [6.07, 6.45) is 3.44. The molecule has 0 amide bonds. The number of hydrogen-bond acceptors (Lipinski definition) is 4. The van der Waals surface area contributed by atoms with Crippen molar-refractivity contribution in [3.05, 3.63) is 30.5 Å². The number of nitrogens with zero attached hydrogens (tertiary/aromatic N) is 3. The van der Waals surface area contributed by atoms with E-state index in [1.54, 1.807) is 12.5 Å². The maximum absolute atomic E-state index is 11.6. The van der Waals surface area contributed by atoms with Gasteiger partial charge >= 0.3 is 0 Å². The van der Waals surface area contributed by atoms with E-state index in [0.717, 1.165) is 21.9 Å². The van der Waals surface area contributed by atoms with Gasteiger partial charge in [0.15, 0.2) is 0 Å². The van der Waals surface area contributed by atoms with Gasteiger partial charge in [-0.1, -0.05) is 18.2 Å². The van der Waals surface area contributed by atoms with E-state index in [9.17, 15) is 4.21 Å². The first kappa shape index (κ1) is 13.1. The molecule has 1 aromatic carbocycles. The molecule has 5 nitrogen and oxygen atoms in total. The first-order valence-corrected chi connectivity index (χ1v) is 8.01. The number of anilines is 1. The largest absolute Gasteiger partial charge is 0.369 e. The first-order chi connectivity index (χ1) is 9.58. The van der Waals surface area contributed by atoms with Gasteiger partial charge in [-0.05, 0) is 13.0 Å². The van der Waals surface area contributed by atoms with Crippen LogP contribution in [0.2, 0.25) is 0 Å². The van der Waals surface area contributed by atoms with Gasteiger partial charge in [0, 0.05) is 34.2 Å². The molecule has 0 spiro atoms. The van der Waals surface area contributed by atoms with Crippen LogP contribution < -0.4 is 5.73 Å². The van der Waals surface area contributed by atoms with Crippen molar-refractivity contribution in [3.8, 4) is 0 Å². The molecule has 104 valence electrons. The zero-order valence-corrected chi connectivity index (χ0v) is 12.2. The molecule has 2 aromatic heterocycles. The Morgan fingerprint density at radius 3 is 2.85 bits per heavy atom. The van der Waals surface area contributed by atoms with Crippen molar-refractivity contribution in [1.82, 2.24) is 14.5 Å². The molecule has 2 atom stereocenters. The Kier molecular flexibility index (Phi) is 3.17. The molecule has 0 saturated heterocycles. The summed E-state index contributed by atoms with van der Waals surface area (Å²) < 4.78 is 13.5. The van der Waals surface area contributed by atoms with E-state index in [4.69, 9.17) is 5.73 Å². The molecule has 0 aliphatic carbocycles. The third kappa shape index (κ3) is 2.06. The molecule has 3 aromatic rings. The van der Waals surface area contributed by atoms with Crippen LogP contribution in [0.25, 0.3) is 21.9 Å². The molecule has 0 aliphatic heterocycles. The molecule has 2 heterocycles. The monoisotopic (exact) mass is 288 g/mol. The minimum atomic E-state index is -0.900. The molecule has 0 saturated carbocycles. The lowest BCUT2D eigenvalue weighted by Gasteiger charge is -2.12. The molecule has 2 N–H and O–H groups in total. The van der Waals surface area contributed by atoms with Gasteiger partial charge in [-0.2, -0.15) is 0 Å². The fraction of sp³-hybridized carbons (Fsp3) is 0.286. The quantitative estimate of drug-likeness (QED) is 0.799. The van der Waals surface area contributed by atoms with E-state index in [-0.39, 0.29) is 5.25 Å². The lowest BCUT2D eigenvalue weighted by molar-refractivity contribution is 0.653. The van der Waals surface area contributed by atoms with Crippen molar-refractivity contribution >= 4 is 38.7 Å². The predicted octanol–water partition coefficient (Wildman–Crippen LogP) is 1.93. The standard InChI is InChI=1S/C14H16N4OS/c1-9(20(2)19)8-18-13-10-5-3-4-6-11(10)16-7-12(13)17-14(18)15/h3-7,9H,8H2,1-2H3,(H2,15,17). The van der Waals surface area contributed by atoms with Crippen molar-refractivity contribution in [2.45, 2.75) is 18.7 Å². The van der Waals surface area contributed by atoms with Crippen LogP contribution in [0.15, 0.2) is 30.5 Å². The number of aromatic nitrogens is 3. The second-order valence-corrected chi connectivity index (χ2v) is 6.70. The highest BCUT2D eigenvalue weighted by atomic mass is 32.2. The van der Waals surface area contributed by atoms with E-state index in [0.29, 0.717) is 12.5 Å². The molecule has 0 radical (unpaired) electrons. The van der Waals surface area contributed by atoms with E-state index < -0.39 is 10.8 Å². The second kappa shape index (κ2) is 4.86. The normalized spacial score (nSPS) is 14.7. The number of hydrogen-bond donors (Lipinski definition) is 1. The number of pyridine rings is 1. The van der Waals surface area contributed by atoms with Crippen molar-refractivity contribution in [1.29, 1.82) is 0 Å². The van der Waals surface area contributed by atoms with Crippen molar-refractivity contribution in [2.75, 3.05) is 12.0 Å². The number of benzene rings is 1. The predicted molar refractivity (Wildman–Crippen MR) is 83.0 cm³/mol. The molecular weight excluding hydrogens is 272 g/mol. The minimum Gasteiger partial charge on any atom is -0.369 e. The number of imidazole rings is 1. The van der Waals surface area contributed by atoms with Crippen LogP contribution in [-0.4, -0.2) is 30.2 Å². The summed E-state index contributed by atoms with van der Waals surface area (Å²) in [6, 6.07) is 7.90. The van der Waals surface area contributed by atoms with Crippen molar-refractivity contribution in [2.24, 2.45) is 0 Å². The Morgan fingerprint density at radius 1 is 1.35 bits per heavy atom. The Labute approximate surface area is 119 Å². The third-order valence-corrected chi connectivity index (χ3v) is 4.80. The highest BCUT2D eigenvalue weighted by Crippen LogP contribution is 2.26. The number of fused-ring (bicyclic) bond motifs is 3. The van der Waals surface area contributed by atoms with Gasteiger partial charge < -0.3 is 10.3 Å². The number of nitrogen functional groups attached to an aromatic ring is 1. The lowest BCUT2D eigenvalue weighted by atomic mass is 10.2. The maximum Gasteiger partial charge on any atom is 0.201 e. The summed E-state index contributed by atoms with van der Waals surface area (Å²) in [5.41, 5.74) is 8.66. The smallest absolute Gasteiger partial charge is 0.201 e. The highest BCUT2D eigenvalue weighted by molar-refractivity contribution is 7.84. The van der Waals surface area contributed by atoms with E-state index in [2.05, 4.69) is 9.97 Å². The van der Waals surface area contributed by atoms with E-state index >= 15 is 0 Å². The molecule has 2 unspecified atom stereocenters. The molecule has 0 fully saturated rings. The van der Waals surface area contributed by atoms with Gasteiger partial charge in [0.05, 0.1) is 17.2 Å². The topological polar surface area (TPSA) is 73.8 Å². The first-order valence-electron chi connectivity index (χ1n) is 6.39. The average Bonchev–Trinajstić information content (AvgIpc) is 2.75. The zero-order chi connectivity index (χ0) is 14.3. The number of rotatable bonds is 3. The fourth-order valence-electron chi connectivity index (χ4n) is 2.33. The van der Waals surface area contributed by atoms with Crippen LogP contribution in [0.3, 0.4) is 0 Å². The van der Waals surface area contributed by atoms with Crippen LogP contribution in [-0.2, 0) is 17.3 Å².